The molecular weight excluding hydrogens is 901 g/mol. The molecule has 0 aliphatic carbocycles. The summed E-state index contributed by atoms with van der Waals surface area (Å²) in [5, 5.41) is 6.67. The van der Waals surface area contributed by atoms with Crippen LogP contribution in [0.2, 0.25) is 0 Å². The third kappa shape index (κ3) is 26.9. The topological polar surface area (TPSA) is 177 Å². The van der Waals surface area contributed by atoms with E-state index in [-0.39, 0.29) is 36.0 Å². The first-order valence-corrected chi connectivity index (χ1v) is 28.8. The summed E-state index contributed by atoms with van der Waals surface area (Å²) in [5.41, 5.74) is 7.77. The van der Waals surface area contributed by atoms with Crippen LogP contribution in [0.15, 0.2) is 30.6 Å². The molecule has 70 heavy (non-hydrogen) atoms. The van der Waals surface area contributed by atoms with Gasteiger partial charge in [-0.3, -0.25) is 14.4 Å². The fourth-order valence-electron chi connectivity index (χ4n) is 8.70. The Morgan fingerprint density at radius 1 is 0.686 bits per heavy atom. The second kappa shape index (κ2) is 36.8. The average Bonchev–Trinajstić information content (AvgIpc) is 3.76. The minimum absolute atomic E-state index is 0.0646. The molecule has 0 bridgehead atoms. The maximum Gasteiger partial charge on any atom is 0.408 e. The Kier molecular flexibility index (Phi) is 31.7. The normalized spacial score (nSPS) is 12.5. The number of nitrogens with zero attached hydrogens (tertiary/aromatic N) is 3. The van der Waals surface area contributed by atoms with Crippen LogP contribution in [0.25, 0.3) is 21.9 Å². The number of nitrogens with one attached hydrogen (secondary N) is 2. The minimum atomic E-state index is -0.941. The SMILES string of the molecule is CCCCCCCCCCCCCCCC(=O)OCC(CSC[C@H](NC(=O)OC(C)(C)C)C(=O)NCCCn1cnc2c(N)nc3ccccc3c21)OC(=O)CCCCCCCCCCCCCCC. The zero-order valence-electron chi connectivity index (χ0n) is 44.3. The Balaban J connectivity index is 1.49. The Bertz CT molecular complexity index is 1900. The number of nitrogens with two attached hydrogens (primary N) is 1. The quantitative estimate of drug-likeness (QED) is 0.0280. The molecule has 2 heterocycles. The summed E-state index contributed by atoms with van der Waals surface area (Å²) in [6.45, 7) is 10.6. The first-order chi connectivity index (χ1) is 33.9. The Morgan fingerprint density at radius 2 is 1.20 bits per heavy atom. The van der Waals surface area contributed by atoms with Crippen LogP contribution in [0.5, 0.6) is 0 Å². The molecule has 2 atom stereocenters. The van der Waals surface area contributed by atoms with Gasteiger partial charge in [0.05, 0.1) is 17.4 Å². The number of aryl methyl sites for hydroxylation is 1. The highest BCUT2D eigenvalue weighted by Gasteiger charge is 2.26. The Hall–Kier alpha value is -4.07. The van der Waals surface area contributed by atoms with Crippen LogP contribution in [0, 0.1) is 0 Å². The molecule has 13 nitrogen and oxygen atoms in total. The molecule has 0 aliphatic heterocycles. The van der Waals surface area contributed by atoms with Gasteiger partial charge in [0.15, 0.2) is 5.82 Å². The lowest BCUT2D eigenvalue weighted by Gasteiger charge is -2.24. The van der Waals surface area contributed by atoms with Crippen molar-refractivity contribution >= 4 is 63.5 Å². The second-order valence-corrected chi connectivity index (χ2v) is 21.4. The van der Waals surface area contributed by atoms with Crippen molar-refractivity contribution in [1.82, 2.24) is 25.2 Å². The lowest BCUT2D eigenvalue weighted by molar-refractivity contribution is -0.157. The third-order valence-electron chi connectivity index (χ3n) is 12.6. The van der Waals surface area contributed by atoms with Crippen molar-refractivity contribution in [2.75, 3.05) is 30.4 Å². The van der Waals surface area contributed by atoms with Crippen molar-refractivity contribution in [3.8, 4) is 0 Å². The van der Waals surface area contributed by atoms with Gasteiger partial charge in [0.25, 0.3) is 0 Å². The van der Waals surface area contributed by atoms with Gasteiger partial charge in [-0.05, 0) is 46.1 Å². The number of imidazole rings is 1. The highest BCUT2D eigenvalue weighted by atomic mass is 32.2. The van der Waals surface area contributed by atoms with Gasteiger partial charge in [-0.25, -0.2) is 14.8 Å². The molecule has 1 unspecified atom stereocenters. The number of benzene rings is 1. The number of thioether (sulfide) groups is 1. The number of amides is 2. The van der Waals surface area contributed by atoms with E-state index < -0.39 is 23.8 Å². The van der Waals surface area contributed by atoms with E-state index in [4.69, 9.17) is 19.9 Å². The lowest BCUT2D eigenvalue weighted by atomic mass is 10.0. The molecule has 3 aromatic rings. The Labute approximate surface area is 426 Å². The number of pyridine rings is 1. The molecular formula is C56H94N6O7S. The van der Waals surface area contributed by atoms with Crippen LogP contribution in [0.3, 0.4) is 0 Å². The summed E-state index contributed by atoms with van der Waals surface area (Å²) >= 11 is 1.35. The van der Waals surface area contributed by atoms with Crippen molar-refractivity contribution in [2.45, 2.75) is 245 Å². The monoisotopic (exact) mass is 995 g/mol. The standard InChI is InChI=1S/C56H94N6O7S/c1-6-8-10-12-14-16-18-20-22-24-26-28-30-37-49(63)67-41-45(68-50(64)38-31-29-27-25-23-21-19-17-15-13-11-9-7-2)42-70-43-48(61-55(66)69-56(3,4)5)54(65)58-39-34-40-62-44-59-51-52(62)46-35-32-33-36-47(46)60-53(51)57/h32-33,35-36,44-45,48H,6-31,34,37-43H2,1-5H3,(H2,57,60)(H,58,65)(H,61,66)/t45?,48-/m0/s1. The fourth-order valence-corrected chi connectivity index (χ4v) is 9.74. The maximum atomic E-state index is 13.7. The van der Waals surface area contributed by atoms with Gasteiger partial charge in [-0.1, -0.05) is 186 Å². The van der Waals surface area contributed by atoms with Crippen LogP contribution in [-0.2, 0) is 35.1 Å². The van der Waals surface area contributed by atoms with Crippen molar-refractivity contribution in [2.24, 2.45) is 0 Å². The van der Waals surface area contributed by atoms with Crippen LogP contribution < -0.4 is 16.4 Å². The molecule has 0 radical (unpaired) electrons. The average molecular weight is 995 g/mol. The highest BCUT2D eigenvalue weighted by Crippen LogP contribution is 2.27. The summed E-state index contributed by atoms with van der Waals surface area (Å²) in [7, 11) is 0. The molecule has 0 fully saturated rings. The van der Waals surface area contributed by atoms with Crippen LogP contribution >= 0.6 is 11.8 Å². The molecule has 4 N–H and O–H groups in total. The lowest BCUT2D eigenvalue weighted by Crippen LogP contribution is -2.50. The number of unbranched alkanes of at least 4 members (excludes halogenated alkanes) is 24. The van der Waals surface area contributed by atoms with Gasteiger partial charge in [-0.15, -0.1) is 0 Å². The maximum absolute atomic E-state index is 13.7. The molecule has 396 valence electrons. The van der Waals surface area contributed by atoms with Crippen LogP contribution in [-0.4, -0.2) is 80.9 Å². The predicted molar refractivity (Wildman–Crippen MR) is 289 cm³/mol. The van der Waals surface area contributed by atoms with Crippen LogP contribution in [0.1, 0.15) is 221 Å². The molecule has 14 heteroatoms. The van der Waals surface area contributed by atoms with E-state index in [1.165, 1.54) is 140 Å². The number of hydrogen-bond acceptors (Lipinski definition) is 11. The number of rotatable bonds is 41. The number of nitrogen functional groups attached to an aromatic ring is 1. The molecule has 2 aromatic heterocycles. The van der Waals surface area contributed by atoms with Crippen molar-refractivity contribution in [1.29, 1.82) is 0 Å². The molecule has 1 aromatic carbocycles. The summed E-state index contributed by atoms with van der Waals surface area (Å²) in [4.78, 5) is 61.7. The summed E-state index contributed by atoms with van der Waals surface area (Å²) in [5.74, 6) is -0.172. The largest absolute Gasteiger partial charge is 0.462 e. The number of para-hydroxylation sites is 1. The summed E-state index contributed by atoms with van der Waals surface area (Å²) in [6, 6.07) is 6.84. The van der Waals surface area contributed by atoms with E-state index in [0.717, 1.165) is 54.9 Å². The van der Waals surface area contributed by atoms with Crippen molar-refractivity contribution in [3.05, 3.63) is 30.6 Å². The third-order valence-corrected chi connectivity index (χ3v) is 13.8. The minimum Gasteiger partial charge on any atom is -0.462 e. The van der Waals surface area contributed by atoms with E-state index >= 15 is 0 Å². The van der Waals surface area contributed by atoms with E-state index in [1.54, 1.807) is 27.1 Å². The number of aromatic nitrogens is 3. The van der Waals surface area contributed by atoms with Gasteiger partial charge in [-0.2, -0.15) is 11.8 Å². The number of carbonyl (C=O) groups is 4. The number of ether oxygens (including phenoxy) is 3. The van der Waals surface area contributed by atoms with Crippen molar-refractivity contribution in [3.63, 3.8) is 0 Å². The van der Waals surface area contributed by atoms with Gasteiger partial charge in [0.1, 0.15) is 29.9 Å². The number of alkyl carbamates (subject to hydrolysis) is 1. The van der Waals surface area contributed by atoms with Gasteiger partial charge in [0, 0.05) is 42.8 Å². The number of esters is 2. The van der Waals surface area contributed by atoms with Gasteiger partial charge in [0.2, 0.25) is 5.91 Å². The molecule has 0 spiro atoms. The Morgan fingerprint density at radius 3 is 1.74 bits per heavy atom. The summed E-state index contributed by atoms with van der Waals surface area (Å²) < 4.78 is 19.2. The molecule has 0 aliphatic rings. The summed E-state index contributed by atoms with van der Waals surface area (Å²) in [6.07, 6.45) is 33.3. The predicted octanol–water partition coefficient (Wildman–Crippen LogP) is 13.7. The smallest absolute Gasteiger partial charge is 0.408 e. The number of hydrogen-bond donors (Lipinski definition) is 3. The van der Waals surface area contributed by atoms with E-state index in [2.05, 4.69) is 34.4 Å². The van der Waals surface area contributed by atoms with E-state index in [9.17, 15) is 19.2 Å². The van der Waals surface area contributed by atoms with Crippen LogP contribution in [0.4, 0.5) is 10.6 Å². The molecule has 0 saturated heterocycles. The zero-order valence-corrected chi connectivity index (χ0v) is 45.1. The van der Waals surface area contributed by atoms with E-state index in [0.29, 0.717) is 43.7 Å². The fraction of sp³-hybridized carbons (Fsp3) is 0.750. The zero-order chi connectivity index (χ0) is 50.7. The number of anilines is 1. The molecule has 2 amide bonds. The number of fused-ring (bicyclic) bond motifs is 3. The van der Waals surface area contributed by atoms with E-state index in [1.807, 2.05) is 28.8 Å². The van der Waals surface area contributed by atoms with Crippen molar-refractivity contribution < 1.29 is 33.4 Å². The highest BCUT2D eigenvalue weighted by molar-refractivity contribution is 7.99. The first-order valence-electron chi connectivity index (χ1n) is 27.6. The van der Waals surface area contributed by atoms with Gasteiger partial charge >= 0.3 is 18.0 Å². The molecule has 0 saturated carbocycles. The second-order valence-electron chi connectivity index (χ2n) is 20.3. The number of carbonyl (C=O) groups excluding carboxylic acids is 4. The van der Waals surface area contributed by atoms with Gasteiger partial charge < -0.3 is 35.1 Å². The first kappa shape index (κ1) is 60.2. The molecule has 3 rings (SSSR count).